The maximum atomic E-state index is 12.6. The molecule has 2 aromatic rings. The number of nitrogens with one attached hydrogen (secondary N) is 1. The SMILES string of the molecule is COc1cccc(CNC(=O)CC2CCN(C(=O)c3ccc(C)cc3)CC2)c1. The van der Waals surface area contributed by atoms with Gasteiger partial charge in [0.25, 0.3) is 5.91 Å². The Kier molecular flexibility index (Phi) is 6.69. The van der Waals surface area contributed by atoms with Gasteiger partial charge >= 0.3 is 0 Å². The second-order valence-electron chi connectivity index (χ2n) is 7.43. The van der Waals surface area contributed by atoms with Crippen molar-refractivity contribution < 1.29 is 14.3 Å². The third-order valence-electron chi connectivity index (χ3n) is 5.30. The van der Waals surface area contributed by atoms with Crippen molar-refractivity contribution in [1.82, 2.24) is 10.2 Å². The number of methoxy groups -OCH3 is 1. The Bertz CT molecular complexity index is 809. The van der Waals surface area contributed by atoms with Crippen LogP contribution in [0.2, 0.25) is 0 Å². The number of piperidine rings is 1. The lowest BCUT2D eigenvalue weighted by Gasteiger charge is -2.32. The second kappa shape index (κ2) is 9.40. The Balaban J connectivity index is 1.42. The fraction of sp³-hybridized carbons (Fsp3) is 0.391. The van der Waals surface area contributed by atoms with Crippen molar-refractivity contribution in [3.8, 4) is 5.75 Å². The maximum Gasteiger partial charge on any atom is 0.253 e. The molecule has 0 unspecified atom stereocenters. The van der Waals surface area contributed by atoms with E-state index in [0.29, 0.717) is 32.0 Å². The summed E-state index contributed by atoms with van der Waals surface area (Å²) in [6.45, 7) is 3.93. The van der Waals surface area contributed by atoms with Crippen LogP contribution in [0.25, 0.3) is 0 Å². The summed E-state index contributed by atoms with van der Waals surface area (Å²) in [5.74, 6) is 1.26. The average molecular weight is 380 g/mol. The van der Waals surface area contributed by atoms with Crippen LogP contribution in [0.15, 0.2) is 48.5 Å². The Morgan fingerprint density at radius 2 is 1.82 bits per heavy atom. The molecular weight excluding hydrogens is 352 g/mol. The fourth-order valence-corrected chi connectivity index (χ4v) is 3.54. The van der Waals surface area contributed by atoms with E-state index >= 15 is 0 Å². The number of rotatable bonds is 6. The summed E-state index contributed by atoms with van der Waals surface area (Å²) < 4.78 is 5.21. The molecule has 28 heavy (non-hydrogen) atoms. The van der Waals surface area contributed by atoms with E-state index in [1.165, 1.54) is 0 Å². The standard InChI is InChI=1S/C23H28N2O3/c1-17-6-8-20(9-7-17)23(27)25-12-10-18(11-13-25)15-22(26)24-16-19-4-3-5-21(14-19)28-2/h3-9,14,18H,10-13,15-16H2,1-2H3,(H,24,26). The Labute approximate surface area is 166 Å². The van der Waals surface area contributed by atoms with Crippen LogP contribution in [0, 0.1) is 12.8 Å². The van der Waals surface area contributed by atoms with Gasteiger partial charge in [0, 0.05) is 31.6 Å². The monoisotopic (exact) mass is 380 g/mol. The second-order valence-corrected chi connectivity index (χ2v) is 7.43. The first-order chi connectivity index (χ1) is 13.5. The third-order valence-corrected chi connectivity index (χ3v) is 5.30. The summed E-state index contributed by atoms with van der Waals surface area (Å²) in [5.41, 5.74) is 2.90. The molecule has 0 aromatic heterocycles. The average Bonchev–Trinajstić information content (AvgIpc) is 2.73. The molecule has 2 aromatic carbocycles. The number of carbonyl (C=O) groups excluding carboxylic acids is 2. The van der Waals surface area contributed by atoms with E-state index in [9.17, 15) is 9.59 Å². The first-order valence-electron chi connectivity index (χ1n) is 9.80. The van der Waals surface area contributed by atoms with Gasteiger partial charge in [0.1, 0.15) is 5.75 Å². The van der Waals surface area contributed by atoms with Gasteiger partial charge in [-0.15, -0.1) is 0 Å². The Morgan fingerprint density at radius 1 is 1.11 bits per heavy atom. The predicted molar refractivity (Wildman–Crippen MR) is 109 cm³/mol. The first kappa shape index (κ1) is 19.9. The number of amides is 2. The van der Waals surface area contributed by atoms with Gasteiger partial charge in [-0.1, -0.05) is 29.8 Å². The molecule has 148 valence electrons. The Hall–Kier alpha value is -2.82. The van der Waals surface area contributed by atoms with E-state index in [1.807, 2.05) is 60.4 Å². The molecule has 0 saturated carbocycles. The van der Waals surface area contributed by atoms with E-state index in [1.54, 1.807) is 7.11 Å². The lowest BCUT2D eigenvalue weighted by molar-refractivity contribution is -0.122. The molecule has 0 aliphatic carbocycles. The molecule has 1 fully saturated rings. The van der Waals surface area contributed by atoms with Gasteiger partial charge < -0.3 is 15.0 Å². The van der Waals surface area contributed by atoms with Gasteiger partial charge in [0.05, 0.1) is 7.11 Å². The van der Waals surface area contributed by atoms with Gasteiger partial charge in [-0.25, -0.2) is 0 Å². The molecule has 1 N–H and O–H groups in total. The summed E-state index contributed by atoms with van der Waals surface area (Å²) >= 11 is 0. The van der Waals surface area contributed by atoms with Gasteiger partial charge in [-0.2, -0.15) is 0 Å². The van der Waals surface area contributed by atoms with Crippen molar-refractivity contribution in [2.45, 2.75) is 32.7 Å². The largest absolute Gasteiger partial charge is 0.497 e. The zero-order chi connectivity index (χ0) is 19.9. The zero-order valence-electron chi connectivity index (χ0n) is 16.6. The lowest BCUT2D eigenvalue weighted by Crippen LogP contribution is -2.39. The molecule has 2 amide bonds. The highest BCUT2D eigenvalue weighted by molar-refractivity contribution is 5.94. The highest BCUT2D eigenvalue weighted by Gasteiger charge is 2.25. The molecule has 0 radical (unpaired) electrons. The number of likely N-dealkylation sites (tertiary alicyclic amines) is 1. The fourth-order valence-electron chi connectivity index (χ4n) is 3.54. The summed E-state index contributed by atoms with van der Waals surface area (Å²) in [6.07, 6.45) is 2.24. The molecule has 1 aliphatic heterocycles. The number of carbonyl (C=O) groups is 2. The number of benzene rings is 2. The van der Waals surface area contributed by atoms with Crippen LogP contribution >= 0.6 is 0 Å². The number of aryl methyl sites for hydroxylation is 1. The molecular formula is C23H28N2O3. The molecule has 0 spiro atoms. The summed E-state index contributed by atoms with van der Waals surface area (Å²) in [6, 6.07) is 15.4. The minimum absolute atomic E-state index is 0.0612. The van der Waals surface area contributed by atoms with Crippen molar-refractivity contribution in [3.05, 3.63) is 65.2 Å². The van der Waals surface area contributed by atoms with E-state index < -0.39 is 0 Å². The van der Waals surface area contributed by atoms with Gasteiger partial charge in [-0.3, -0.25) is 9.59 Å². The van der Waals surface area contributed by atoms with Gasteiger partial charge in [0.2, 0.25) is 5.91 Å². The van der Waals surface area contributed by atoms with Crippen LogP contribution in [0.4, 0.5) is 0 Å². The predicted octanol–water partition coefficient (Wildman–Crippen LogP) is 3.56. The summed E-state index contributed by atoms with van der Waals surface area (Å²) in [5, 5.41) is 2.99. The zero-order valence-corrected chi connectivity index (χ0v) is 16.6. The number of hydrogen-bond acceptors (Lipinski definition) is 3. The molecule has 1 saturated heterocycles. The van der Waals surface area contributed by atoms with Crippen molar-refractivity contribution in [1.29, 1.82) is 0 Å². The quantitative estimate of drug-likeness (QED) is 0.834. The lowest BCUT2D eigenvalue weighted by atomic mass is 9.92. The van der Waals surface area contributed by atoms with Crippen LogP contribution in [0.3, 0.4) is 0 Å². The van der Waals surface area contributed by atoms with Crippen LogP contribution in [0.5, 0.6) is 5.75 Å². The normalized spacial score (nSPS) is 14.6. The van der Waals surface area contributed by atoms with E-state index in [4.69, 9.17) is 4.74 Å². The van der Waals surface area contributed by atoms with Crippen molar-refractivity contribution in [2.24, 2.45) is 5.92 Å². The molecule has 5 heteroatoms. The van der Waals surface area contributed by atoms with Crippen molar-refractivity contribution in [2.75, 3.05) is 20.2 Å². The molecule has 1 aliphatic rings. The molecule has 1 heterocycles. The minimum atomic E-state index is 0.0612. The van der Waals surface area contributed by atoms with Crippen LogP contribution < -0.4 is 10.1 Å². The van der Waals surface area contributed by atoms with E-state index in [0.717, 1.165) is 35.3 Å². The van der Waals surface area contributed by atoms with E-state index in [-0.39, 0.29) is 11.8 Å². The topological polar surface area (TPSA) is 58.6 Å². The highest BCUT2D eigenvalue weighted by Crippen LogP contribution is 2.22. The summed E-state index contributed by atoms with van der Waals surface area (Å²) in [7, 11) is 1.63. The van der Waals surface area contributed by atoms with Crippen molar-refractivity contribution in [3.63, 3.8) is 0 Å². The first-order valence-corrected chi connectivity index (χ1v) is 9.80. The molecule has 0 atom stereocenters. The third kappa shape index (κ3) is 5.35. The van der Waals surface area contributed by atoms with Gasteiger partial charge in [-0.05, 0) is 55.5 Å². The number of hydrogen-bond donors (Lipinski definition) is 1. The highest BCUT2D eigenvalue weighted by atomic mass is 16.5. The van der Waals surface area contributed by atoms with E-state index in [2.05, 4.69) is 5.32 Å². The maximum absolute atomic E-state index is 12.6. The number of nitrogens with zero attached hydrogens (tertiary/aromatic N) is 1. The van der Waals surface area contributed by atoms with Crippen LogP contribution in [-0.4, -0.2) is 36.9 Å². The molecule has 0 bridgehead atoms. The number of ether oxygens (including phenoxy) is 1. The van der Waals surface area contributed by atoms with Crippen LogP contribution in [-0.2, 0) is 11.3 Å². The molecule has 3 rings (SSSR count). The molecule has 5 nitrogen and oxygen atoms in total. The van der Waals surface area contributed by atoms with Gasteiger partial charge in [0.15, 0.2) is 0 Å². The van der Waals surface area contributed by atoms with Crippen LogP contribution in [0.1, 0.15) is 40.7 Å². The van der Waals surface area contributed by atoms with Crippen molar-refractivity contribution >= 4 is 11.8 Å². The minimum Gasteiger partial charge on any atom is -0.497 e. The Morgan fingerprint density at radius 3 is 2.50 bits per heavy atom. The smallest absolute Gasteiger partial charge is 0.253 e. The summed E-state index contributed by atoms with van der Waals surface area (Å²) in [4.78, 5) is 26.8.